The summed E-state index contributed by atoms with van der Waals surface area (Å²) in [6.45, 7) is 2.81. The van der Waals surface area contributed by atoms with E-state index in [1.807, 2.05) is 12.1 Å². The molecule has 0 bridgehead atoms. The molecule has 2 rings (SSSR count). The van der Waals surface area contributed by atoms with Gasteiger partial charge in [-0.15, -0.1) is 0 Å². The lowest BCUT2D eigenvalue weighted by atomic mass is 10.0. The first-order valence-corrected chi connectivity index (χ1v) is 8.95. The SMILES string of the molecule is CC(c1ccc(S(C)(=O)=O)cc1)N(C)C(CN)C1CC1. The zero-order chi connectivity index (χ0) is 14.9. The zero-order valence-electron chi connectivity index (χ0n) is 12.4. The molecular weight excluding hydrogens is 272 g/mol. The van der Waals surface area contributed by atoms with Gasteiger partial charge in [-0.1, -0.05) is 12.1 Å². The van der Waals surface area contributed by atoms with E-state index < -0.39 is 9.84 Å². The predicted molar refractivity (Wildman–Crippen MR) is 81.3 cm³/mol. The average molecular weight is 296 g/mol. The van der Waals surface area contributed by atoms with Gasteiger partial charge >= 0.3 is 0 Å². The van der Waals surface area contributed by atoms with Crippen LogP contribution < -0.4 is 5.73 Å². The summed E-state index contributed by atoms with van der Waals surface area (Å²) in [5.74, 6) is 0.725. The van der Waals surface area contributed by atoms with Crippen molar-refractivity contribution in [2.45, 2.75) is 36.7 Å². The van der Waals surface area contributed by atoms with Gasteiger partial charge in [-0.3, -0.25) is 4.90 Å². The van der Waals surface area contributed by atoms with Crippen molar-refractivity contribution in [3.05, 3.63) is 29.8 Å². The Morgan fingerprint density at radius 1 is 1.30 bits per heavy atom. The van der Waals surface area contributed by atoms with E-state index in [9.17, 15) is 8.42 Å². The highest BCUT2D eigenvalue weighted by Gasteiger charge is 2.34. The van der Waals surface area contributed by atoms with Gasteiger partial charge < -0.3 is 5.73 Å². The lowest BCUT2D eigenvalue weighted by Crippen LogP contribution is -2.41. The van der Waals surface area contributed by atoms with Crippen LogP contribution in [0.15, 0.2) is 29.2 Å². The van der Waals surface area contributed by atoms with Crippen LogP contribution in [-0.4, -0.2) is 39.2 Å². The molecule has 1 aliphatic carbocycles. The molecule has 1 aromatic carbocycles. The van der Waals surface area contributed by atoms with Crippen molar-refractivity contribution in [2.75, 3.05) is 19.8 Å². The summed E-state index contributed by atoms with van der Waals surface area (Å²) in [5, 5.41) is 0. The third kappa shape index (κ3) is 3.40. The van der Waals surface area contributed by atoms with Crippen LogP contribution in [0.5, 0.6) is 0 Å². The van der Waals surface area contributed by atoms with Crippen LogP contribution in [0.3, 0.4) is 0 Å². The highest BCUT2D eigenvalue weighted by molar-refractivity contribution is 7.90. The maximum absolute atomic E-state index is 11.5. The number of nitrogens with two attached hydrogens (primary N) is 1. The van der Waals surface area contributed by atoms with E-state index in [-0.39, 0.29) is 6.04 Å². The van der Waals surface area contributed by atoms with Crippen molar-refractivity contribution >= 4 is 9.84 Å². The maximum atomic E-state index is 11.5. The summed E-state index contributed by atoms with van der Waals surface area (Å²) >= 11 is 0. The Bertz CT molecular complexity index is 550. The topological polar surface area (TPSA) is 63.4 Å². The minimum atomic E-state index is -3.12. The molecule has 0 heterocycles. The van der Waals surface area contributed by atoms with Crippen LogP contribution >= 0.6 is 0 Å². The number of benzene rings is 1. The fraction of sp³-hybridized carbons (Fsp3) is 0.600. The number of rotatable bonds is 6. The van der Waals surface area contributed by atoms with Crippen LogP contribution in [0.4, 0.5) is 0 Å². The number of hydrogen-bond donors (Lipinski definition) is 1. The highest BCUT2D eigenvalue weighted by atomic mass is 32.2. The van der Waals surface area contributed by atoms with E-state index in [1.165, 1.54) is 19.1 Å². The van der Waals surface area contributed by atoms with Gasteiger partial charge in [-0.25, -0.2) is 8.42 Å². The first-order chi connectivity index (χ1) is 9.34. The fourth-order valence-corrected chi connectivity index (χ4v) is 3.32. The van der Waals surface area contributed by atoms with E-state index in [0.717, 1.165) is 11.5 Å². The Kier molecular flexibility index (Phi) is 4.52. The molecule has 1 fully saturated rings. The van der Waals surface area contributed by atoms with Crippen LogP contribution in [0, 0.1) is 5.92 Å². The number of sulfone groups is 1. The van der Waals surface area contributed by atoms with Crippen LogP contribution in [0.2, 0.25) is 0 Å². The largest absolute Gasteiger partial charge is 0.329 e. The van der Waals surface area contributed by atoms with E-state index in [0.29, 0.717) is 17.5 Å². The molecule has 1 saturated carbocycles. The molecule has 0 saturated heterocycles. The molecule has 1 aliphatic rings. The average Bonchev–Trinajstić information content (AvgIpc) is 3.22. The molecule has 20 heavy (non-hydrogen) atoms. The molecule has 0 aliphatic heterocycles. The quantitative estimate of drug-likeness (QED) is 0.870. The van der Waals surface area contributed by atoms with Gasteiger partial charge in [0.1, 0.15) is 0 Å². The Balaban J connectivity index is 2.14. The van der Waals surface area contributed by atoms with Gasteiger partial charge in [-0.05, 0) is 50.4 Å². The van der Waals surface area contributed by atoms with Crippen molar-refractivity contribution < 1.29 is 8.42 Å². The zero-order valence-corrected chi connectivity index (χ0v) is 13.2. The lowest BCUT2D eigenvalue weighted by molar-refractivity contribution is 0.170. The third-order valence-electron chi connectivity index (χ3n) is 4.33. The smallest absolute Gasteiger partial charge is 0.175 e. The second kappa shape index (κ2) is 5.84. The summed E-state index contributed by atoms with van der Waals surface area (Å²) < 4.78 is 22.9. The van der Waals surface area contributed by atoms with Crippen molar-refractivity contribution in [3.8, 4) is 0 Å². The molecule has 0 spiro atoms. The van der Waals surface area contributed by atoms with Gasteiger partial charge in [0.05, 0.1) is 4.90 Å². The fourth-order valence-electron chi connectivity index (χ4n) is 2.69. The van der Waals surface area contributed by atoms with Gasteiger partial charge in [0.2, 0.25) is 0 Å². The van der Waals surface area contributed by atoms with Crippen LogP contribution in [0.25, 0.3) is 0 Å². The molecule has 2 unspecified atom stereocenters. The number of nitrogens with zero attached hydrogens (tertiary/aromatic N) is 1. The molecule has 2 atom stereocenters. The summed E-state index contributed by atoms with van der Waals surface area (Å²) in [4.78, 5) is 2.68. The Hall–Kier alpha value is -0.910. The molecule has 5 heteroatoms. The highest BCUT2D eigenvalue weighted by Crippen LogP contribution is 2.37. The number of likely N-dealkylation sites (N-methyl/N-ethyl adjacent to an activating group) is 1. The minimum absolute atomic E-state index is 0.234. The van der Waals surface area contributed by atoms with E-state index in [4.69, 9.17) is 5.73 Å². The van der Waals surface area contributed by atoms with E-state index >= 15 is 0 Å². The second-order valence-electron chi connectivity index (χ2n) is 5.82. The molecule has 2 N–H and O–H groups in total. The predicted octanol–water partition coefficient (Wildman–Crippen LogP) is 1.82. The van der Waals surface area contributed by atoms with Crippen molar-refractivity contribution in [3.63, 3.8) is 0 Å². The molecule has 112 valence electrons. The molecule has 1 aromatic rings. The first kappa shape index (κ1) is 15.5. The van der Waals surface area contributed by atoms with Gasteiger partial charge in [0.25, 0.3) is 0 Å². The minimum Gasteiger partial charge on any atom is -0.329 e. The molecule has 0 radical (unpaired) electrons. The van der Waals surface area contributed by atoms with Crippen LogP contribution in [0.1, 0.15) is 31.4 Å². The maximum Gasteiger partial charge on any atom is 0.175 e. The van der Waals surface area contributed by atoms with Gasteiger partial charge in [0, 0.05) is 24.9 Å². The summed E-state index contributed by atoms with van der Waals surface area (Å²) in [6.07, 6.45) is 3.77. The molecule has 4 nitrogen and oxygen atoms in total. The molecular formula is C15H24N2O2S. The lowest BCUT2D eigenvalue weighted by Gasteiger charge is -2.33. The van der Waals surface area contributed by atoms with E-state index in [2.05, 4.69) is 18.9 Å². The molecule has 0 amide bonds. The Morgan fingerprint density at radius 3 is 2.25 bits per heavy atom. The summed E-state index contributed by atoms with van der Waals surface area (Å²) in [6, 6.07) is 7.82. The summed E-state index contributed by atoms with van der Waals surface area (Å²) in [5.41, 5.74) is 7.01. The first-order valence-electron chi connectivity index (χ1n) is 7.06. The third-order valence-corrected chi connectivity index (χ3v) is 5.46. The monoisotopic (exact) mass is 296 g/mol. The van der Waals surface area contributed by atoms with Crippen molar-refractivity contribution in [2.24, 2.45) is 11.7 Å². The van der Waals surface area contributed by atoms with Gasteiger partial charge in [0.15, 0.2) is 9.84 Å². The molecule has 0 aromatic heterocycles. The normalized spacial score (nSPS) is 19.1. The Morgan fingerprint density at radius 2 is 1.85 bits per heavy atom. The van der Waals surface area contributed by atoms with E-state index in [1.54, 1.807) is 12.1 Å². The second-order valence-corrected chi connectivity index (χ2v) is 7.84. The Labute approximate surface area is 121 Å². The standard InChI is InChI=1S/C15H24N2O2S/c1-11(17(2)15(10-16)13-4-5-13)12-6-8-14(9-7-12)20(3,18)19/h6-9,11,13,15H,4-5,10,16H2,1-3H3. The van der Waals surface area contributed by atoms with Crippen molar-refractivity contribution in [1.82, 2.24) is 4.90 Å². The number of hydrogen-bond acceptors (Lipinski definition) is 4. The summed E-state index contributed by atoms with van der Waals surface area (Å²) in [7, 11) is -1.02. The van der Waals surface area contributed by atoms with Crippen LogP contribution in [-0.2, 0) is 9.84 Å². The van der Waals surface area contributed by atoms with Gasteiger partial charge in [-0.2, -0.15) is 0 Å². The van der Waals surface area contributed by atoms with Crippen molar-refractivity contribution in [1.29, 1.82) is 0 Å².